The number of halogens is 2. The van der Waals surface area contributed by atoms with Gasteiger partial charge in [0.25, 0.3) is 0 Å². The Labute approximate surface area is 154 Å². The van der Waals surface area contributed by atoms with E-state index < -0.39 is 5.97 Å². The number of carbonyl (C=O) groups excluding carboxylic acids is 3. The number of fused-ring (bicyclic) bond motifs is 1. The lowest BCUT2D eigenvalue weighted by Gasteiger charge is -2.09. The number of Topliss-reactive ketones (excluding diaryl/α,β-unsaturated/α-hetero) is 2. The highest BCUT2D eigenvalue weighted by Crippen LogP contribution is 2.36. The van der Waals surface area contributed by atoms with E-state index in [1.165, 1.54) is 13.0 Å². The lowest BCUT2D eigenvalue weighted by Crippen LogP contribution is -2.05. The smallest absolute Gasteiger partial charge is 0.308 e. The molecule has 0 atom stereocenters. The molecule has 0 fully saturated rings. The number of hydrogen-bond acceptors (Lipinski definition) is 4. The van der Waals surface area contributed by atoms with Crippen LogP contribution in [0.3, 0.4) is 0 Å². The van der Waals surface area contributed by atoms with Crippen molar-refractivity contribution < 1.29 is 19.1 Å². The molecule has 0 amide bonds. The van der Waals surface area contributed by atoms with E-state index in [9.17, 15) is 14.4 Å². The molecule has 0 aliphatic heterocycles. The molecule has 0 unspecified atom stereocenters. The molecule has 120 valence electrons. The Hall–Kier alpha value is -2.05. The van der Waals surface area contributed by atoms with Gasteiger partial charge in [-0.3, -0.25) is 14.4 Å². The van der Waals surface area contributed by atoms with Gasteiger partial charge in [0.1, 0.15) is 0 Å². The van der Waals surface area contributed by atoms with Crippen LogP contribution < -0.4 is 4.74 Å². The predicted octanol–water partition coefficient (Wildman–Crippen LogP) is 4.60. The first kappa shape index (κ1) is 16.8. The van der Waals surface area contributed by atoms with Gasteiger partial charge in [-0.2, -0.15) is 0 Å². The molecule has 4 nitrogen and oxygen atoms in total. The maximum absolute atomic E-state index is 12.5. The van der Waals surface area contributed by atoms with Gasteiger partial charge < -0.3 is 4.74 Å². The second-order valence-corrected chi connectivity index (χ2v) is 6.93. The standard InChI is InChI=1S/C18H10Br2O4/c1-9(21)24-18-10(6-11(19)8-15(18)20)7-14-16(22)12-4-2-3-5-13(12)17(14)23/h2-8H,1H3. The van der Waals surface area contributed by atoms with E-state index in [4.69, 9.17) is 4.74 Å². The second kappa shape index (κ2) is 6.45. The van der Waals surface area contributed by atoms with Gasteiger partial charge in [0.05, 0.1) is 10.0 Å². The maximum atomic E-state index is 12.5. The Morgan fingerprint density at radius 1 is 1.04 bits per heavy atom. The fraction of sp³-hybridized carbons (Fsp3) is 0.0556. The van der Waals surface area contributed by atoms with E-state index >= 15 is 0 Å². The summed E-state index contributed by atoms with van der Waals surface area (Å²) >= 11 is 6.68. The van der Waals surface area contributed by atoms with E-state index in [0.29, 0.717) is 25.6 Å². The zero-order valence-electron chi connectivity index (χ0n) is 12.4. The molecular weight excluding hydrogens is 440 g/mol. The Morgan fingerprint density at radius 2 is 1.62 bits per heavy atom. The highest BCUT2D eigenvalue weighted by Gasteiger charge is 2.32. The zero-order chi connectivity index (χ0) is 17.4. The van der Waals surface area contributed by atoms with Gasteiger partial charge in [0.15, 0.2) is 17.3 Å². The van der Waals surface area contributed by atoms with Crippen LogP contribution in [0.5, 0.6) is 5.75 Å². The number of ether oxygens (including phenoxy) is 1. The van der Waals surface area contributed by atoms with Crippen LogP contribution in [-0.2, 0) is 4.79 Å². The van der Waals surface area contributed by atoms with Gasteiger partial charge in [0, 0.05) is 28.1 Å². The number of ketones is 2. The van der Waals surface area contributed by atoms with Crippen molar-refractivity contribution in [2.24, 2.45) is 0 Å². The molecule has 24 heavy (non-hydrogen) atoms. The highest BCUT2D eigenvalue weighted by molar-refractivity contribution is 9.11. The van der Waals surface area contributed by atoms with E-state index in [1.807, 2.05) is 0 Å². The predicted molar refractivity (Wildman–Crippen MR) is 96.2 cm³/mol. The second-order valence-electron chi connectivity index (χ2n) is 5.16. The Balaban J connectivity index is 2.15. The van der Waals surface area contributed by atoms with Crippen LogP contribution >= 0.6 is 31.9 Å². The van der Waals surface area contributed by atoms with Gasteiger partial charge in [-0.15, -0.1) is 0 Å². The van der Waals surface area contributed by atoms with E-state index in [0.717, 1.165) is 0 Å². The van der Waals surface area contributed by atoms with Crippen LogP contribution in [0.2, 0.25) is 0 Å². The number of allylic oxidation sites excluding steroid dienone is 1. The molecule has 0 radical (unpaired) electrons. The number of esters is 1. The minimum absolute atomic E-state index is 0.0506. The minimum Gasteiger partial charge on any atom is -0.425 e. The van der Waals surface area contributed by atoms with Crippen molar-refractivity contribution in [3.05, 3.63) is 67.6 Å². The molecule has 0 saturated heterocycles. The summed E-state index contributed by atoms with van der Waals surface area (Å²) in [6.07, 6.45) is 1.46. The fourth-order valence-corrected chi connectivity index (χ4v) is 3.84. The first-order valence-electron chi connectivity index (χ1n) is 6.96. The van der Waals surface area contributed by atoms with Crippen LogP contribution in [0, 0.1) is 0 Å². The molecule has 0 aromatic heterocycles. The van der Waals surface area contributed by atoms with Crippen LogP contribution in [0.15, 0.2) is 50.9 Å². The van der Waals surface area contributed by atoms with Gasteiger partial charge in [-0.25, -0.2) is 0 Å². The molecule has 1 aliphatic carbocycles. The van der Waals surface area contributed by atoms with Crippen molar-refractivity contribution in [1.82, 2.24) is 0 Å². The number of hydrogen-bond donors (Lipinski definition) is 0. The van der Waals surface area contributed by atoms with Crippen molar-refractivity contribution in [2.75, 3.05) is 0 Å². The lowest BCUT2D eigenvalue weighted by atomic mass is 10.1. The first-order valence-corrected chi connectivity index (χ1v) is 8.54. The van der Waals surface area contributed by atoms with Crippen molar-refractivity contribution in [2.45, 2.75) is 6.92 Å². The van der Waals surface area contributed by atoms with Crippen LogP contribution in [0.4, 0.5) is 0 Å². The summed E-state index contributed by atoms with van der Waals surface area (Å²) < 4.78 is 6.47. The minimum atomic E-state index is -0.495. The average molecular weight is 450 g/mol. The summed E-state index contributed by atoms with van der Waals surface area (Å²) in [5.41, 5.74) is 1.28. The molecule has 3 rings (SSSR count). The van der Waals surface area contributed by atoms with Crippen molar-refractivity contribution in [1.29, 1.82) is 0 Å². The lowest BCUT2D eigenvalue weighted by molar-refractivity contribution is -0.131. The molecule has 0 spiro atoms. The quantitative estimate of drug-likeness (QED) is 0.291. The third kappa shape index (κ3) is 2.99. The molecule has 6 heteroatoms. The molecule has 2 aromatic carbocycles. The summed E-state index contributed by atoms with van der Waals surface area (Å²) in [6.45, 7) is 1.28. The topological polar surface area (TPSA) is 60.4 Å². The van der Waals surface area contributed by atoms with E-state index in [-0.39, 0.29) is 22.9 Å². The number of carbonyl (C=O) groups is 3. The van der Waals surface area contributed by atoms with Crippen LogP contribution in [0.25, 0.3) is 6.08 Å². The monoisotopic (exact) mass is 448 g/mol. The van der Waals surface area contributed by atoms with E-state index in [2.05, 4.69) is 31.9 Å². The van der Waals surface area contributed by atoms with Gasteiger partial charge in [-0.05, 0) is 34.1 Å². The summed E-state index contributed by atoms with van der Waals surface area (Å²) in [5, 5.41) is 0. The molecule has 0 heterocycles. The molecule has 2 aromatic rings. The van der Waals surface area contributed by atoms with E-state index in [1.54, 1.807) is 36.4 Å². The SMILES string of the molecule is CC(=O)Oc1c(Br)cc(Br)cc1C=C1C(=O)c2ccccc2C1=O. The zero-order valence-corrected chi connectivity index (χ0v) is 15.6. The third-order valence-electron chi connectivity index (χ3n) is 3.49. The normalized spacial score (nSPS) is 13.0. The molecule has 0 N–H and O–H groups in total. The van der Waals surface area contributed by atoms with Crippen molar-refractivity contribution in [3.8, 4) is 5.75 Å². The Bertz CT molecular complexity index is 892. The molecule has 1 aliphatic rings. The Kier molecular flexibility index (Phi) is 4.51. The Morgan fingerprint density at radius 3 is 2.17 bits per heavy atom. The van der Waals surface area contributed by atoms with Gasteiger partial charge in [0.2, 0.25) is 0 Å². The van der Waals surface area contributed by atoms with Crippen molar-refractivity contribution in [3.63, 3.8) is 0 Å². The highest BCUT2D eigenvalue weighted by atomic mass is 79.9. The van der Waals surface area contributed by atoms with Crippen LogP contribution in [-0.4, -0.2) is 17.5 Å². The summed E-state index contributed by atoms with van der Waals surface area (Å²) in [5.74, 6) is -0.902. The summed E-state index contributed by atoms with van der Waals surface area (Å²) in [6, 6.07) is 10.1. The largest absolute Gasteiger partial charge is 0.425 e. The van der Waals surface area contributed by atoms with Crippen molar-refractivity contribution >= 4 is 55.5 Å². The van der Waals surface area contributed by atoms with Gasteiger partial charge >= 0.3 is 5.97 Å². The van der Waals surface area contributed by atoms with Gasteiger partial charge in [-0.1, -0.05) is 40.2 Å². The molecule has 0 bridgehead atoms. The first-order chi connectivity index (χ1) is 11.4. The van der Waals surface area contributed by atoms with Crippen LogP contribution in [0.1, 0.15) is 33.2 Å². The maximum Gasteiger partial charge on any atom is 0.308 e. The summed E-state index contributed by atoms with van der Waals surface area (Å²) in [4.78, 5) is 36.3. The number of rotatable bonds is 2. The number of benzene rings is 2. The molecule has 0 saturated carbocycles. The molecular formula is C18H10Br2O4. The average Bonchev–Trinajstić information content (AvgIpc) is 2.76. The third-order valence-corrected chi connectivity index (χ3v) is 4.54. The fourth-order valence-electron chi connectivity index (χ4n) is 2.50. The summed E-state index contributed by atoms with van der Waals surface area (Å²) in [7, 11) is 0.